The molecule has 61 heavy (non-hydrogen) atoms. The number of aliphatic hydroxyl groups excluding tert-OH is 1. The molecule has 3 aliphatic heterocycles. The minimum Gasteiger partial charge on any atom is -0.467 e. The number of urea groups is 1. The molecule has 4 N–H and O–H groups in total. The van der Waals surface area contributed by atoms with Gasteiger partial charge in [0, 0.05) is 50.3 Å². The van der Waals surface area contributed by atoms with E-state index in [0.717, 1.165) is 70.6 Å². The Balaban J connectivity index is 0.945. The number of esters is 1. The topological polar surface area (TPSA) is 142 Å². The molecule has 1 spiro atoms. The van der Waals surface area contributed by atoms with Gasteiger partial charge in [0.15, 0.2) is 6.29 Å². The van der Waals surface area contributed by atoms with Gasteiger partial charge in [-0.3, -0.25) is 4.79 Å². The predicted octanol–water partition coefficient (Wildman–Crippen LogP) is 6.40. The summed E-state index contributed by atoms with van der Waals surface area (Å²) in [4.78, 5) is 43.4. The van der Waals surface area contributed by atoms with Gasteiger partial charge in [0.2, 0.25) is 5.91 Å². The first-order chi connectivity index (χ1) is 29.8. The lowest BCUT2D eigenvalue weighted by atomic mass is 9.85. The maximum absolute atomic E-state index is 13.3. The minimum absolute atomic E-state index is 0.0296. The van der Waals surface area contributed by atoms with Crippen LogP contribution in [0.5, 0.6) is 0 Å². The van der Waals surface area contributed by atoms with Gasteiger partial charge >= 0.3 is 12.0 Å². The fourth-order valence-electron chi connectivity index (χ4n) is 8.76. The first-order valence-electron chi connectivity index (χ1n) is 21.0. The van der Waals surface area contributed by atoms with Crippen LogP contribution in [0.15, 0.2) is 133 Å². The average molecular weight is 824 g/mol. The predicted molar refractivity (Wildman–Crippen MR) is 232 cm³/mol. The summed E-state index contributed by atoms with van der Waals surface area (Å²) in [5.74, 6) is -0.418. The first kappa shape index (κ1) is 41.7. The zero-order chi connectivity index (χ0) is 42.2. The third-order valence-electron chi connectivity index (χ3n) is 12.1. The lowest BCUT2D eigenvalue weighted by Gasteiger charge is -2.45. The molecule has 0 aliphatic carbocycles. The number of para-hydroxylation sites is 1. The molecule has 3 amide bonds. The molecule has 0 bridgehead atoms. The molecule has 316 valence electrons. The number of ether oxygens (including phenoxy) is 3. The summed E-state index contributed by atoms with van der Waals surface area (Å²) >= 11 is 0. The fourth-order valence-corrected chi connectivity index (χ4v) is 8.76. The van der Waals surface area contributed by atoms with E-state index in [2.05, 4.69) is 43.9 Å². The molecular weight excluding hydrogens is 771 g/mol. The van der Waals surface area contributed by atoms with E-state index in [1.54, 1.807) is 0 Å². The van der Waals surface area contributed by atoms with Gasteiger partial charge in [-0.05, 0) is 70.5 Å². The SMILES string of the molecule is COC(=O)C(Cc1ccccc1)NC(=O)NCc1cccc(-c2cccc(C3OC(CN4CCC5(CC4)C(=O)NCN5c4ccccc4)CC(c4ccc(CO)cc4)O3)c2)c1. The van der Waals surface area contributed by atoms with Gasteiger partial charge in [-0.25, -0.2) is 9.59 Å². The summed E-state index contributed by atoms with van der Waals surface area (Å²) in [5.41, 5.74) is 6.96. The number of aliphatic hydroxyl groups is 1. The van der Waals surface area contributed by atoms with Crippen LogP contribution in [0.1, 0.15) is 59.5 Å². The summed E-state index contributed by atoms with van der Waals surface area (Å²) in [6.45, 7) is 2.95. The van der Waals surface area contributed by atoms with Crippen LogP contribution < -0.4 is 20.9 Å². The van der Waals surface area contributed by atoms with E-state index in [9.17, 15) is 19.5 Å². The second kappa shape index (κ2) is 19.1. The third-order valence-corrected chi connectivity index (χ3v) is 12.1. The van der Waals surface area contributed by atoms with Crippen molar-refractivity contribution < 1.29 is 33.7 Å². The zero-order valence-electron chi connectivity index (χ0n) is 34.4. The highest BCUT2D eigenvalue weighted by molar-refractivity contribution is 5.93. The van der Waals surface area contributed by atoms with Crippen LogP contribution >= 0.6 is 0 Å². The van der Waals surface area contributed by atoms with Gasteiger partial charge < -0.3 is 45.1 Å². The summed E-state index contributed by atoms with van der Waals surface area (Å²) in [7, 11) is 1.31. The molecule has 12 nitrogen and oxygen atoms in total. The number of likely N-dealkylation sites (tertiary alicyclic amines) is 1. The van der Waals surface area contributed by atoms with Gasteiger partial charge in [0.05, 0.1) is 32.6 Å². The molecule has 0 saturated carbocycles. The molecule has 3 aliphatic rings. The van der Waals surface area contributed by atoms with Crippen molar-refractivity contribution >= 4 is 23.6 Å². The number of hydrogen-bond donors (Lipinski definition) is 4. The van der Waals surface area contributed by atoms with Gasteiger partial charge in [0.25, 0.3) is 0 Å². The van der Waals surface area contributed by atoms with Gasteiger partial charge in [-0.15, -0.1) is 0 Å². The van der Waals surface area contributed by atoms with E-state index in [1.165, 1.54) is 7.11 Å². The van der Waals surface area contributed by atoms with Crippen LogP contribution in [-0.4, -0.2) is 79.0 Å². The standard InChI is InChI=1S/C49H53N5O7/c1-59-45(56)43(27-34-10-4-2-5-11-34)52-48(58)50-30-36-12-8-13-38(26-36)39-14-9-15-40(28-39)46-60-42(29-44(61-46)37-20-18-35(32-55)19-21-37)31-53-24-22-49(23-25-53)47(57)51-33-54(49)41-16-6-3-7-17-41/h2-21,26,28,42-44,46,55H,22-25,27,29-33H2,1H3,(H,51,57)(H2,50,52,58). The van der Waals surface area contributed by atoms with Crippen molar-refractivity contribution in [1.82, 2.24) is 20.9 Å². The summed E-state index contributed by atoms with van der Waals surface area (Å²) in [5, 5.41) is 18.5. The van der Waals surface area contributed by atoms with Gasteiger partial charge in [-0.1, -0.05) is 109 Å². The molecule has 5 aromatic rings. The normalized spacial score (nSPS) is 20.5. The second-order valence-corrected chi connectivity index (χ2v) is 16.0. The highest BCUT2D eigenvalue weighted by atomic mass is 16.7. The van der Waals surface area contributed by atoms with E-state index >= 15 is 0 Å². The minimum atomic E-state index is -0.831. The maximum atomic E-state index is 13.3. The number of rotatable bonds is 13. The van der Waals surface area contributed by atoms with Crippen LogP contribution in [0.2, 0.25) is 0 Å². The molecular formula is C49H53N5O7. The van der Waals surface area contributed by atoms with Crippen molar-refractivity contribution in [1.29, 1.82) is 0 Å². The van der Waals surface area contributed by atoms with Crippen LogP contribution in [-0.2, 0) is 43.4 Å². The van der Waals surface area contributed by atoms with E-state index in [0.29, 0.717) is 26.1 Å². The van der Waals surface area contributed by atoms with E-state index < -0.39 is 29.9 Å². The number of carbonyl (C=O) groups is 3. The quantitative estimate of drug-likeness (QED) is 0.0993. The van der Waals surface area contributed by atoms with Crippen molar-refractivity contribution in [2.75, 3.05) is 38.3 Å². The smallest absolute Gasteiger partial charge is 0.328 e. The molecule has 12 heteroatoms. The monoisotopic (exact) mass is 823 g/mol. The van der Waals surface area contributed by atoms with Gasteiger partial charge in [0.1, 0.15) is 11.6 Å². The lowest BCUT2D eigenvalue weighted by Crippen LogP contribution is -2.57. The molecule has 0 aromatic heterocycles. The summed E-state index contributed by atoms with van der Waals surface area (Å²) in [6.07, 6.45) is 1.38. The molecule has 3 saturated heterocycles. The third kappa shape index (κ3) is 9.79. The zero-order valence-corrected chi connectivity index (χ0v) is 34.4. The van der Waals surface area contributed by atoms with Crippen molar-refractivity contribution in [3.63, 3.8) is 0 Å². The Hall–Kier alpha value is -6.05. The Morgan fingerprint density at radius 3 is 2.23 bits per heavy atom. The molecule has 3 fully saturated rings. The number of hydrogen-bond acceptors (Lipinski definition) is 9. The molecule has 4 unspecified atom stereocenters. The highest BCUT2D eigenvalue weighted by Crippen LogP contribution is 2.41. The van der Waals surface area contributed by atoms with E-state index in [-0.39, 0.29) is 31.3 Å². The fraction of sp³-hybridized carbons (Fsp3) is 0.327. The maximum Gasteiger partial charge on any atom is 0.328 e. The summed E-state index contributed by atoms with van der Waals surface area (Å²) < 4.78 is 18.5. The number of carbonyl (C=O) groups excluding carboxylic acids is 3. The van der Waals surface area contributed by atoms with Crippen LogP contribution in [0.3, 0.4) is 0 Å². The number of piperidine rings is 1. The van der Waals surface area contributed by atoms with Crippen LogP contribution in [0.25, 0.3) is 11.1 Å². The number of nitrogens with one attached hydrogen (secondary N) is 3. The van der Waals surface area contributed by atoms with Crippen molar-refractivity contribution in [2.24, 2.45) is 0 Å². The van der Waals surface area contributed by atoms with Crippen molar-refractivity contribution in [3.8, 4) is 11.1 Å². The average Bonchev–Trinajstić information content (AvgIpc) is 3.63. The van der Waals surface area contributed by atoms with E-state index in [4.69, 9.17) is 14.2 Å². The van der Waals surface area contributed by atoms with Crippen LogP contribution in [0.4, 0.5) is 10.5 Å². The van der Waals surface area contributed by atoms with E-state index in [1.807, 2.05) is 115 Å². The highest BCUT2D eigenvalue weighted by Gasteiger charge is 2.50. The van der Waals surface area contributed by atoms with Crippen molar-refractivity contribution in [2.45, 2.75) is 68.9 Å². The molecule has 5 aromatic carbocycles. The summed E-state index contributed by atoms with van der Waals surface area (Å²) in [6, 6.07) is 42.4. The lowest BCUT2D eigenvalue weighted by molar-refractivity contribution is -0.253. The largest absolute Gasteiger partial charge is 0.467 e. The second-order valence-electron chi connectivity index (χ2n) is 16.0. The molecule has 8 rings (SSSR count). The number of methoxy groups -OCH3 is 1. The number of nitrogens with zero attached hydrogens (tertiary/aromatic N) is 2. The Labute approximate surface area is 356 Å². The number of anilines is 1. The molecule has 3 heterocycles. The Kier molecular flexibility index (Phi) is 13.1. The first-order valence-corrected chi connectivity index (χ1v) is 21.0. The number of benzene rings is 5. The van der Waals surface area contributed by atoms with Gasteiger partial charge in [-0.2, -0.15) is 0 Å². The molecule has 4 atom stereocenters. The Morgan fingerprint density at radius 1 is 0.820 bits per heavy atom. The Bertz CT molecular complexity index is 2270. The van der Waals surface area contributed by atoms with Crippen molar-refractivity contribution in [3.05, 3.63) is 161 Å². The van der Waals surface area contributed by atoms with Crippen LogP contribution in [0, 0.1) is 0 Å². The Morgan fingerprint density at radius 2 is 1.51 bits per heavy atom. The number of amides is 3. The molecule has 0 radical (unpaired) electrons.